The number of nitrogens with two attached hydrogens (primary N) is 1. The Bertz CT molecular complexity index is 317. The average Bonchev–Trinajstić information content (AvgIpc) is 3.14. The van der Waals surface area contributed by atoms with E-state index in [0.717, 1.165) is 19.4 Å². The number of carbonyl (C=O) groups excluding carboxylic acids is 1. The number of nitrogens with zero attached hydrogens (tertiary/aromatic N) is 1. The topological polar surface area (TPSA) is 58.4 Å². The number of rotatable bonds is 3. The summed E-state index contributed by atoms with van der Waals surface area (Å²) in [6.07, 6.45) is 4.69. The van der Waals surface area contributed by atoms with Gasteiger partial charge in [-0.05, 0) is 57.5 Å². The Morgan fingerprint density at radius 2 is 1.94 bits per heavy atom. The van der Waals surface area contributed by atoms with Gasteiger partial charge in [-0.2, -0.15) is 0 Å². The van der Waals surface area contributed by atoms with Gasteiger partial charge in [-0.1, -0.05) is 0 Å². The van der Waals surface area contributed by atoms with E-state index in [1.807, 2.05) is 6.92 Å². The Kier molecular flexibility index (Phi) is 2.67. The van der Waals surface area contributed by atoms with Crippen molar-refractivity contribution in [3.05, 3.63) is 0 Å². The van der Waals surface area contributed by atoms with Crippen molar-refractivity contribution in [2.24, 2.45) is 17.6 Å². The maximum atomic E-state index is 12.2. The summed E-state index contributed by atoms with van der Waals surface area (Å²) in [5, 5.41) is 3.21. The van der Waals surface area contributed by atoms with Crippen molar-refractivity contribution < 1.29 is 4.79 Å². The van der Waals surface area contributed by atoms with Crippen molar-refractivity contribution in [3.63, 3.8) is 0 Å². The maximum absolute atomic E-state index is 12.2. The van der Waals surface area contributed by atoms with Gasteiger partial charge >= 0.3 is 0 Å². The number of piperidine rings is 3. The van der Waals surface area contributed by atoms with E-state index in [-0.39, 0.29) is 5.91 Å². The van der Waals surface area contributed by atoms with Crippen LogP contribution in [-0.4, -0.2) is 42.0 Å². The molecule has 1 aliphatic carbocycles. The molecule has 4 aliphatic rings. The van der Waals surface area contributed by atoms with Gasteiger partial charge in [-0.25, -0.2) is 0 Å². The second kappa shape index (κ2) is 3.95. The molecule has 2 bridgehead atoms. The van der Waals surface area contributed by atoms with Crippen LogP contribution in [0, 0.1) is 11.8 Å². The highest BCUT2D eigenvalue weighted by Crippen LogP contribution is 2.38. The molecule has 4 nitrogen and oxygen atoms in total. The van der Waals surface area contributed by atoms with Crippen molar-refractivity contribution in [1.29, 1.82) is 0 Å². The molecule has 3 N–H and O–H groups in total. The van der Waals surface area contributed by atoms with Crippen LogP contribution in [0.3, 0.4) is 0 Å². The summed E-state index contributed by atoms with van der Waals surface area (Å²) >= 11 is 0. The lowest BCUT2D eigenvalue weighted by Crippen LogP contribution is -2.62. The summed E-state index contributed by atoms with van der Waals surface area (Å²) in [6.45, 7) is 5.33. The van der Waals surface area contributed by atoms with Gasteiger partial charge in [0.15, 0.2) is 0 Å². The summed E-state index contributed by atoms with van der Waals surface area (Å²) in [7, 11) is 0. The molecule has 2 unspecified atom stereocenters. The second-order valence-electron chi connectivity index (χ2n) is 6.27. The molecule has 4 heteroatoms. The molecule has 2 atom stereocenters. The number of carbonyl (C=O) groups is 1. The molecule has 17 heavy (non-hydrogen) atoms. The minimum Gasteiger partial charge on any atom is -0.350 e. The van der Waals surface area contributed by atoms with E-state index in [1.54, 1.807) is 0 Å². The normalized spacial score (nSPS) is 39.8. The summed E-state index contributed by atoms with van der Waals surface area (Å²) in [5.74, 6) is 1.15. The van der Waals surface area contributed by atoms with E-state index < -0.39 is 5.54 Å². The average molecular weight is 237 g/mol. The Morgan fingerprint density at radius 3 is 2.41 bits per heavy atom. The van der Waals surface area contributed by atoms with Crippen LogP contribution in [0.5, 0.6) is 0 Å². The van der Waals surface area contributed by atoms with Gasteiger partial charge in [-0.3, -0.25) is 4.79 Å². The molecule has 96 valence electrons. The Balaban J connectivity index is 1.61. The molecule has 3 aliphatic heterocycles. The Morgan fingerprint density at radius 1 is 1.29 bits per heavy atom. The first kappa shape index (κ1) is 11.5. The monoisotopic (exact) mass is 237 g/mol. The number of nitrogens with one attached hydrogen (secondary N) is 1. The van der Waals surface area contributed by atoms with Gasteiger partial charge in [0.2, 0.25) is 5.91 Å². The first-order chi connectivity index (χ1) is 8.07. The van der Waals surface area contributed by atoms with Gasteiger partial charge in [0.05, 0.1) is 5.54 Å². The molecule has 0 aromatic carbocycles. The van der Waals surface area contributed by atoms with Gasteiger partial charge in [0, 0.05) is 12.6 Å². The van der Waals surface area contributed by atoms with E-state index in [1.165, 1.54) is 25.9 Å². The lowest BCUT2D eigenvalue weighted by atomic mass is 9.83. The molecule has 0 aromatic heterocycles. The van der Waals surface area contributed by atoms with Crippen LogP contribution in [0.2, 0.25) is 0 Å². The SMILES string of the molecule is CC(N)(C(=O)NC1CN2CCC1CC2)C1CC1. The molecule has 0 spiro atoms. The third kappa shape index (κ3) is 2.08. The zero-order valence-electron chi connectivity index (χ0n) is 10.6. The standard InChI is InChI=1S/C13H23N3O/c1-13(14,10-2-3-10)12(17)15-11-8-16-6-4-9(11)5-7-16/h9-11H,2-8,14H2,1H3,(H,15,17). The summed E-state index contributed by atoms with van der Waals surface area (Å²) in [4.78, 5) is 14.7. The zero-order valence-corrected chi connectivity index (χ0v) is 10.6. The largest absolute Gasteiger partial charge is 0.350 e. The molecular formula is C13H23N3O. The molecule has 4 rings (SSSR count). The van der Waals surface area contributed by atoms with Crippen LogP contribution in [0.25, 0.3) is 0 Å². The van der Waals surface area contributed by atoms with Crippen LogP contribution < -0.4 is 11.1 Å². The highest BCUT2D eigenvalue weighted by atomic mass is 16.2. The zero-order chi connectivity index (χ0) is 12.0. The van der Waals surface area contributed by atoms with E-state index in [2.05, 4.69) is 10.2 Å². The first-order valence-electron chi connectivity index (χ1n) is 6.89. The maximum Gasteiger partial charge on any atom is 0.240 e. The fourth-order valence-corrected chi connectivity index (χ4v) is 3.32. The van der Waals surface area contributed by atoms with E-state index in [0.29, 0.717) is 17.9 Å². The fourth-order valence-electron chi connectivity index (χ4n) is 3.32. The van der Waals surface area contributed by atoms with Crippen LogP contribution in [-0.2, 0) is 4.79 Å². The lowest BCUT2D eigenvalue weighted by molar-refractivity contribution is -0.128. The minimum atomic E-state index is -0.647. The smallest absolute Gasteiger partial charge is 0.240 e. The van der Waals surface area contributed by atoms with Crippen LogP contribution in [0.15, 0.2) is 0 Å². The second-order valence-corrected chi connectivity index (χ2v) is 6.27. The van der Waals surface area contributed by atoms with Gasteiger partial charge in [0.25, 0.3) is 0 Å². The van der Waals surface area contributed by atoms with E-state index in [4.69, 9.17) is 5.73 Å². The highest BCUT2D eigenvalue weighted by Gasteiger charge is 2.45. The molecule has 3 saturated heterocycles. The molecule has 0 radical (unpaired) electrons. The highest BCUT2D eigenvalue weighted by molar-refractivity contribution is 5.86. The molecule has 3 heterocycles. The number of hydrogen-bond donors (Lipinski definition) is 2. The van der Waals surface area contributed by atoms with Crippen LogP contribution in [0.4, 0.5) is 0 Å². The van der Waals surface area contributed by atoms with Crippen LogP contribution >= 0.6 is 0 Å². The predicted octanol–water partition coefficient (Wildman–Crippen LogP) is 0.324. The van der Waals surface area contributed by atoms with Crippen molar-refractivity contribution in [2.75, 3.05) is 19.6 Å². The van der Waals surface area contributed by atoms with Gasteiger partial charge in [-0.15, -0.1) is 0 Å². The Hall–Kier alpha value is -0.610. The minimum absolute atomic E-state index is 0.0683. The molecule has 0 aromatic rings. The molecular weight excluding hydrogens is 214 g/mol. The lowest BCUT2D eigenvalue weighted by Gasteiger charge is -2.45. The van der Waals surface area contributed by atoms with Crippen LogP contribution in [0.1, 0.15) is 32.6 Å². The summed E-state index contributed by atoms with van der Waals surface area (Å²) < 4.78 is 0. The van der Waals surface area contributed by atoms with Crippen molar-refractivity contribution in [1.82, 2.24) is 10.2 Å². The molecule has 1 saturated carbocycles. The first-order valence-corrected chi connectivity index (χ1v) is 6.89. The quantitative estimate of drug-likeness (QED) is 0.743. The molecule has 1 amide bonds. The number of hydrogen-bond acceptors (Lipinski definition) is 3. The number of amides is 1. The van der Waals surface area contributed by atoms with E-state index >= 15 is 0 Å². The summed E-state index contributed by atoms with van der Waals surface area (Å²) in [6, 6.07) is 0.339. The fraction of sp³-hybridized carbons (Fsp3) is 0.923. The van der Waals surface area contributed by atoms with Gasteiger partial charge < -0.3 is 16.0 Å². The Labute approximate surface area is 103 Å². The van der Waals surface area contributed by atoms with Crippen molar-refractivity contribution in [2.45, 2.75) is 44.2 Å². The number of fused-ring (bicyclic) bond motifs is 3. The third-order valence-electron chi connectivity index (χ3n) is 4.89. The van der Waals surface area contributed by atoms with Gasteiger partial charge in [0.1, 0.15) is 0 Å². The van der Waals surface area contributed by atoms with E-state index in [9.17, 15) is 4.79 Å². The summed E-state index contributed by atoms with van der Waals surface area (Å²) in [5.41, 5.74) is 5.51. The van der Waals surface area contributed by atoms with Crippen molar-refractivity contribution in [3.8, 4) is 0 Å². The third-order valence-corrected chi connectivity index (χ3v) is 4.89. The van der Waals surface area contributed by atoms with Crippen molar-refractivity contribution >= 4 is 5.91 Å². The molecule has 4 fully saturated rings. The predicted molar refractivity (Wildman–Crippen MR) is 66.4 cm³/mol.